The van der Waals surface area contributed by atoms with Crippen molar-refractivity contribution in [2.24, 2.45) is 0 Å². The molecule has 0 aromatic heterocycles. The van der Waals surface area contributed by atoms with Crippen molar-refractivity contribution >= 4 is 0 Å². The van der Waals surface area contributed by atoms with E-state index < -0.39 is 0 Å². The molecular formula is C17H27N. The maximum Gasteiger partial charge on any atom is 0.00816 e. The van der Waals surface area contributed by atoms with Gasteiger partial charge in [-0.1, -0.05) is 26.0 Å². The van der Waals surface area contributed by atoms with E-state index in [9.17, 15) is 0 Å². The van der Waals surface area contributed by atoms with Crippen LogP contribution < -0.4 is 5.32 Å². The van der Waals surface area contributed by atoms with Gasteiger partial charge >= 0.3 is 0 Å². The summed E-state index contributed by atoms with van der Waals surface area (Å²) in [5, 5.41) is 3.57. The van der Waals surface area contributed by atoms with E-state index in [-0.39, 0.29) is 0 Å². The molecule has 1 aliphatic rings. The van der Waals surface area contributed by atoms with Gasteiger partial charge < -0.3 is 5.32 Å². The van der Waals surface area contributed by atoms with Crippen molar-refractivity contribution < 1.29 is 0 Å². The molecule has 1 N–H and O–H groups in total. The minimum absolute atomic E-state index is 0.511. The average Bonchev–Trinajstić information content (AvgIpc) is 2.50. The number of hydrogen-bond donors (Lipinski definition) is 1. The molecule has 18 heavy (non-hydrogen) atoms. The van der Waals surface area contributed by atoms with Crippen LogP contribution in [0, 0.1) is 0 Å². The van der Waals surface area contributed by atoms with Crippen LogP contribution in [0.1, 0.15) is 53.9 Å². The molecule has 0 heterocycles. The van der Waals surface area contributed by atoms with Crippen molar-refractivity contribution in [3.63, 3.8) is 0 Å². The predicted octanol–water partition coefficient (Wildman–Crippen LogP) is 4.53. The van der Waals surface area contributed by atoms with Gasteiger partial charge in [-0.3, -0.25) is 0 Å². The second-order valence-electron chi connectivity index (χ2n) is 5.41. The summed E-state index contributed by atoms with van der Waals surface area (Å²) in [5.41, 5.74) is 7.49. The van der Waals surface area contributed by atoms with E-state index in [4.69, 9.17) is 0 Å². The molecule has 1 heteroatoms. The lowest BCUT2D eigenvalue weighted by Gasteiger charge is -2.20. The summed E-state index contributed by atoms with van der Waals surface area (Å²) < 4.78 is 0. The van der Waals surface area contributed by atoms with Gasteiger partial charge in [-0.15, -0.1) is 5.73 Å². The van der Waals surface area contributed by atoms with E-state index >= 15 is 0 Å². The maximum atomic E-state index is 3.57. The Hall–Kier alpha value is -1.04. The highest BCUT2D eigenvalue weighted by molar-refractivity contribution is 5.46. The fourth-order valence-electron chi connectivity index (χ4n) is 2.48. The van der Waals surface area contributed by atoms with Crippen LogP contribution in [0.2, 0.25) is 0 Å². The van der Waals surface area contributed by atoms with E-state index in [1.165, 1.54) is 16.7 Å². The van der Waals surface area contributed by atoms with Crippen molar-refractivity contribution in [3.05, 3.63) is 40.7 Å². The Kier molecular flexibility index (Phi) is 6.18. The van der Waals surface area contributed by atoms with Crippen molar-refractivity contribution in [1.29, 1.82) is 0 Å². The Morgan fingerprint density at radius 3 is 2.72 bits per heavy atom. The molecular weight excluding hydrogens is 218 g/mol. The van der Waals surface area contributed by atoms with Gasteiger partial charge in [0.15, 0.2) is 0 Å². The quantitative estimate of drug-likeness (QED) is 0.702. The molecule has 1 rings (SSSR count). The zero-order chi connectivity index (χ0) is 13.5. The fraction of sp³-hybridized carbons (Fsp3) is 0.588. The van der Waals surface area contributed by atoms with Crippen LogP contribution in [0.4, 0.5) is 0 Å². The highest BCUT2D eigenvalue weighted by Gasteiger charge is 2.12. The molecule has 0 aromatic carbocycles. The first-order valence-electron chi connectivity index (χ1n) is 7.08. The molecule has 1 nitrogen and oxygen atoms in total. The Morgan fingerprint density at radius 2 is 2.11 bits per heavy atom. The molecule has 0 bridgehead atoms. The molecule has 100 valence electrons. The molecule has 0 aromatic rings. The Morgan fingerprint density at radius 1 is 1.39 bits per heavy atom. The second kappa shape index (κ2) is 7.41. The van der Waals surface area contributed by atoms with Crippen LogP contribution in [0.3, 0.4) is 0 Å². The van der Waals surface area contributed by atoms with Crippen LogP contribution in [0.5, 0.6) is 0 Å². The van der Waals surface area contributed by atoms with Gasteiger partial charge in [0.25, 0.3) is 0 Å². The van der Waals surface area contributed by atoms with E-state index in [1.807, 2.05) is 0 Å². The molecule has 0 aliphatic heterocycles. The van der Waals surface area contributed by atoms with Gasteiger partial charge in [0.2, 0.25) is 0 Å². The van der Waals surface area contributed by atoms with E-state index in [1.54, 1.807) is 0 Å². The van der Waals surface area contributed by atoms with Gasteiger partial charge in [0.1, 0.15) is 0 Å². The lowest BCUT2D eigenvalue weighted by atomic mass is 9.93. The summed E-state index contributed by atoms with van der Waals surface area (Å²) >= 11 is 0. The third-order valence-corrected chi connectivity index (χ3v) is 3.22. The van der Waals surface area contributed by atoms with Gasteiger partial charge in [-0.25, -0.2) is 0 Å². The highest BCUT2D eigenvalue weighted by atomic mass is 14.9. The fourth-order valence-corrected chi connectivity index (χ4v) is 2.48. The summed E-state index contributed by atoms with van der Waals surface area (Å²) in [4.78, 5) is 0. The minimum Gasteiger partial charge on any atom is -0.312 e. The largest absolute Gasteiger partial charge is 0.312 e. The molecule has 0 amide bonds. The second-order valence-corrected chi connectivity index (χ2v) is 5.41. The van der Waals surface area contributed by atoms with E-state index in [0.29, 0.717) is 12.1 Å². The zero-order valence-corrected chi connectivity index (χ0v) is 12.5. The Balaban J connectivity index is 2.79. The first kappa shape index (κ1) is 15.0. The van der Waals surface area contributed by atoms with Gasteiger partial charge in [-0.2, -0.15) is 0 Å². The smallest absolute Gasteiger partial charge is 0.00816 e. The first-order valence-corrected chi connectivity index (χ1v) is 7.08. The van der Waals surface area contributed by atoms with E-state index in [2.05, 4.69) is 63.9 Å². The van der Waals surface area contributed by atoms with Crippen molar-refractivity contribution in [2.45, 2.75) is 66.0 Å². The standard InChI is InChI=1S/C17H27N/c1-6-16(12-15(5)18-13(2)3)17-11-9-7-8-10-14(17)4/h6,8,11,13,15,18H,7,9,12H2,1-5H3/b16-6-. The minimum atomic E-state index is 0.511. The predicted molar refractivity (Wildman–Crippen MR) is 80.7 cm³/mol. The topological polar surface area (TPSA) is 12.0 Å². The summed E-state index contributed by atoms with van der Waals surface area (Å²) in [6, 6.07) is 1.05. The third kappa shape index (κ3) is 4.68. The molecule has 0 spiro atoms. The Bertz CT molecular complexity index is 390. The molecule has 0 saturated heterocycles. The number of nitrogens with one attached hydrogen (secondary N) is 1. The summed E-state index contributed by atoms with van der Waals surface area (Å²) in [5.74, 6) is 0. The number of hydrogen-bond acceptors (Lipinski definition) is 1. The van der Waals surface area contributed by atoms with Gasteiger partial charge in [-0.05, 0) is 62.8 Å². The van der Waals surface area contributed by atoms with Crippen LogP contribution in [-0.4, -0.2) is 12.1 Å². The number of allylic oxidation sites excluding steroid dienone is 4. The molecule has 1 atom stereocenters. The maximum absolute atomic E-state index is 3.57. The van der Waals surface area contributed by atoms with Gasteiger partial charge in [0, 0.05) is 12.1 Å². The normalized spacial score (nSPS) is 18.4. The average molecular weight is 245 g/mol. The highest BCUT2D eigenvalue weighted by Crippen LogP contribution is 2.25. The third-order valence-electron chi connectivity index (χ3n) is 3.22. The lowest BCUT2D eigenvalue weighted by molar-refractivity contribution is 0.487. The molecule has 0 fully saturated rings. The van der Waals surface area contributed by atoms with Crippen molar-refractivity contribution in [2.75, 3.05) is 0 Å². The SMILES string of the molecule is C/C=C(/CC(C)NC(C)C)C1=CCCC=C=C1C. The lowest BCUT2D eigenvalue weighted by Crippen LogP contribution is -2.32. The first-order chi connectivity index (χ1) is 8.54. The molecule has 0 radical (unpaired) electrons. The summed E-state index contributed by atoms with van der Waals surface area (Å²) in [6.45, 7) is 11.0. The van der Waals surface area contributed by atoms with Crippen molar-refractivity contribution in [3.8, 4) is 0 Å². The summed E-state index contributed by atoms with van der Waals surface area (Å²) in [6.07, 6.45) is 10.1. The van der Waals surface area contributed by atoms with Gasteiger partial charge in [0.05, 0.1) is 0 Å². The summed E-state index contributed by atoms with van der Waals surface area (Å²) in [7, 11) is 0. The zero-order valence-electron chi connectivity index (χ0n) is 12.5. The van der Waals surface area contributed by atoms with Crippen LogP contribution in [-0.2, 0) is 0 Å². The Labute approximate surface area is 112 Å². The van der Waals surface area contributed by atoms with Crippen LogP contribution in [0.15, 0.2) is 40.7 Å². The van der Waals surface area contributed by atoms with Crippen molar-refractivity contribution in [1.82, 2.24) is 5.32 Å². The monoisotopic (exact) mass is 245 g/mol. The molecule has 1 aliphatic carbocycles. The van der Waals surface area contributed by atoms with E-state index in [0.717, 1.165) is 19.3 Å². The van der Waals surface area contributed by atoms with Crippen LogP contribution in [0.25, 0.3) is 0 Å². The van der Waals surface area contributed by atoms with Crippen LogP contribution >= 0.6 is 0 Å². The molecule has 0 saturated carbocycles. The molecule has 1 unspecified atom stereocenters. The number of rotatable bonds is 5.